The van der Waals surface area contributed by atoms with Crippen LogP contribution in [0.15, 0.2) is 69.6 Å². The van der Waals surface area contributed by atoms with E-state index in [-0.39, 0.29) is 17.2 Å². The molecule has 0 N–H and O–H groups in total. The van der Waals surface area contributed by atoms with E-state index in [1.807, 2.05) is 19.1 Å². The Balaban J connectivity index is 1.74. The van der Waals surface area contributed by atoms with Crippen LogP contribution in [0, 0.1) is 20.8 Å². The number of thiazole rings is 1. The summed E-state index contributed by atoms with van der Waals surface area (Å²) in [5.74, 6) is 0.557. The van der Waals surface area contributed by atoms with Crippen LogP contribution in [0.1, 0.15) is 54.9 Å². The second-order valence-corrected chi connectivity index (χ2v) is 11.7. The molecule has 0 aliphatic carbocycles. The van der Waals surface area contributed by atoms with E-state index in [1.54, 1.807) is 57.8 Å². The van der Waals surface area contributed by atoms with Gasteiger partial charge in [-0.15, -0.1) is 0 Å². The molecule has 0 radical (unpaired) electrons. The van der Waals surface area contributed by atoms with E-state index in [9.17, 15) is 9.59 Å². The molecule has 0 fully saturated rings. The van der Waals surface area contributed by atoms with Gasteiger partial charge in [0.05, 0.1) is 36.1 Å². The average molecular weight is 586 g/mol. The Labute approximate surface area is 248 Å². The first kappa shape index (κ1) is 29.1. The summed E-state index contributed by atoms with van der Waals surface area (Å²) in [5.41, 5.74) is 6.38. The first-order valence-corrected chi connectivity index (χ1v) is 14.6. The molecule has 8 nitrogen and oxygen atoms in total. The highest BCUT2D eigenvalue weighted by Crippen LogP contribution is 2.38. The lowest BCUT2D eigenvalue weighted by Gasteiger charge is -2.26. The number of hydrogen-bond acceptors (Lipinski definition) is 7. The number of carbonyl (C=O) groups is 1. The van der Waals surface area contributed by atoms with Crippen molar-refractivity contribution >= 4 is 23.4 Å². The highest BCUT2D eigenvalue weighted by atomic mass is 32.1. The van der Waals surface area contributed by atoms with E-state index in [1.165, 1.54) is 16.9 Å². The minimum atomic E-state index is -0.820. The molecule has 2 aromatic heterocycles. The van der Waals surface area contributed by atoms with E-state index in [2.05, 4.69) is 42.7 Å². The van der Waals surface area contributed by atoms with Crippen LogP contribution >= 0.6 is 11.3 Å². The topological polar surface area (TPSA) is 84.1 Å². The highest BCUT2D eigenvalue weighted by molar-refractivity contribution is 7.07. The third-order valence-corrected chi connectivity index (χ3v) is 8.32. The number of esters is 1. The number of aromatic nitrogens is 2. The van der Waals surface area contributed by atoms with E-state index in [0.29, 0.717) is 32.1 Å². The summed E-state index contributed by atoms with van der Waals surface area (Å²) in [6, 6.07) is 14.9. The van der Waals surface area contributed by atoms with Crippen molar-refractivity contribution in [1.82, 2.24) is 9.13 Å². The molecule has 3 heterocycles. The third-order valence-electron chi connectivity index (χ3n) is 7.33. The predicted octanol–water partition coefficient (Wildman–Crippen LogP) is 4.92. The molecule has 2 aromatic carbocycles. The molecule has 0 amide bonds. The van der Waals surface area contributed by atoms with E-state index in [4.69, 9.17) is 19.2 Å². The number of ether oxygens (including phenoxy) is 3. The molecule has 0 bridgehead atoms. The minimum absolute atomic E-state index is 0.253. The van der Waals surface area contributed by atoms with Crippen molar-refractivity contribution in [2.24, 2.45) is 4.99 Å². The lowest BCUT2D eigenvalue weighted by atomic mass is 9.94. The van der Waals surface area contributed by atoms with Gasteiger partial charge >= 0.3 is 5.97 Å². The third kappa shape index (κ3) is 5.20. The van der Waals surface area contributed by atoms with Crippen molar-refractivity contribution in [3.05, 3.63) is 108 Å². The fourth-order valence-electron chi connectivity index (χ4n) is 5.45. The number of aryl methyl sites for hydroxylation is 2. The van der Waals surface area contributed by atoms with Crippen LogP contribution in [0.5, 0.6) is 11.5 Å². The van der Waals surface area contributed by atoms with Gasteiger partial charge in [0.2, 0.25) is 0 Å². The summed E-state index contributed by atoms with van der Waals surface area (Å²) in [6.07, 6.45) is 1.56. The molecule has 218 valence electrons. The normalized spacial score (nSPS) is 15.1. The van der Waals surface area contributed by atoms with Crippen molar-refractivity contribution in [2.45, 2.75) is 53.7 Å². The van der Waals surface area contributed by atoms with Gasteiger partial charge in [0.1, 0.15) is 17.5 Å². The number of fused-ring (bicyclic) bond motifs is 1. The zero-order chi connectivity index (χ0) is 30.3. The Morgan fingerprint density at radius 2 is 1.79 bits per heavy atom. The number of methoxy groups -OCH3 is 2. The van der Waals surface area contributed by atoms with Gasteiger partial charge < -0.3 is 18.8 Å². The van der Waals surface area contributed by atoms with Crippen molar-refractivity contribution in [3.63, 3.8) is 0 Å². The lowest BCUT2D eigenvalue weighted by Crippen LogP contribution is -2.40. The van der Waals surface area contributed by atoms with Crippen molar-refractivity contribution in [2.75, 3.05) is 14.2 Å². The first-order valence-electron chi connectivity index (χ1n) is 13.8. The monoisotopic (exact) mass is 585 g/mol. The van der Waals surface area contributed by atoms with Gasteiger partial charge in [-0.25, -0.2) is 9.79 Å². The first-order chi connectivity index (χ1) is 20.0. The highest BCUT2D eigenvalue weighted by Gasteiger charge is 2.36. The SMILES string of the molecule is COc1ccc(OC)c([C@@H]2C(C(=O)OC(C)C)=C(C)N=c3s/c(=C\c4cc(C)n(-c5cccc(C)c5)c4C)c(=O)n32)c1. The maximum Gasteiger partial charge on any atom is 0.338 e. The number of hydrogen-bond donors (Lipinski definition) is 0. The predicted molar refractivity (Wildman–Crippen MR) is 165 cm³/mol. The van der Waals surface area contributed by atoms with Gasteiger partial charge in [-0.05, 0) is 95.1 Å². The van der Waals surface area contributed by atoms with Crippen LogP contribution in [0.4, 0.5) is 0 Å². The number of rotatable bonds is 7. The molecule has 1 atom stereocenters. The van der Waals surface area contributed by atoms with Crippen LogP contribution in [0.2, 0.25) is 0 Å². The molecule has 42 heavy (non-hydrogen) atoms. The summed E-state index contributed by atoms with van der Waals surface area (Å²) < 4.78 is 21.1. The molecule has 0 unspecified atom stereocenters. The van der Waals surface area contributed by atoms with Gasteiger partial charge in [0.15, 0.2) is 4.80 Å². The minimum Gasteiger partial charge on any atom is -0.497 e. The lowest BCUT2D eigenvalue weighted by molar-refractivity contribution is -0.143. The fourth-order valence-corrected chi connectivity index (χ4v) is 6.48. The van der Waals surface area contributed by atoms with E-state index in [0.717, 1.165) is 22.6 Å². The van der Waals surface area contributed by atoms with Gasteiger partial charge in [0, 0.05) is 22.6 Å². The Kier molecular flexibility index (Phi) is 7.97. The summed E-state index contributed by atoms with van der Waals surface area (Å²) in [5, 5.41) is 0. The largest absolute Gasteiger partial charge is 0.497 e. The van der Waals surface area contributed by atoms with Gasteiger partial charge in [0.25, 0.3) is 5.56 Å². The molecule has 5 rings (SSSR count). The van der Waals surface area contributed by atoms with Crippen LogP contribution in [0.3, 0.4) is 0 Å². The Morgan fingerprint density at radius 3 is 2.45 bits per heavy atom. The van der Waals surface area contributed by atoms with Gasteiger partial charge in [-0.3, -0.25) is 9.36 Å². The smallest absolute Gasteiger partial charge is 0.338 e. The second kappa shape index (κ2) is 11.5. The molecule has 9 heteroatoms. The van der Waals surface area contributed by atoms with Gasteiger partial charge in [-0.2, -0.15) is 0 Å². The molecule has 1 aliphatic heterocycles. The van der Waals surface area contributed by atoms with Gasteiger partial charge in [-0.1, -0.05) is 23.5 Å². The number of allylic oxidation sites excluding steroid dienone is 1. The zero-order valence-electron chi connectivity index (χ0n) is 25.1. The second-order valence-electron chi connectivity index (χ2n) is 10.6. The quantitative estimate of drug-likeness (QED) is 0.288. The molecule has 0 spiro atoms. The number of carbonyl (C=O) groups excluding carboxylic acids is 1. The Bertz CT molecular complexity index is 1910. The van der Waals surface area contributed by atoms with E-state index >= 15 is 0 Å². The van der Waals surface area contributed by atoms with Crippen LogP contribution in [-0.4, -0.2) is 35.4 Å². The van der Waals surface area contributed by atoms with Crippen LogP contribution in [-0.2, 0) is 9.53 Å². The van der Waals surface area contributed by atoms with Crippen LogP contribution in [0.25, 0.3) is 11.8 Å². The summed E-state index contributed by atoms with van der Waals surface area (Å²) in [7, 11) is 3.13. The number of benzene rings is 2. The molecular formula is C33H35N3O5S. The summed E-state index contributed by atoms with van der Waals surface area (Å²) >= 11 is 1.29. The standard InChI is InChI=1S/C33H35N3O5S/c1-18(2)41-32(38)29-21(5)34-33-36(30(29)26-17-25(39-7)12-13-27(26)40-8)31(37)28(42-33)16-23-15-20(4)35(22(23)6)24-11-9-10-19(3)14-24/h9-18,30H,1-8H3/b28-16-/t30-/m1/s1. The van der Waals surface area contributed by atoms with Crippen molar-refractivity contribution < 1.29 is 19.0 Å². The Morgan fingerprint density at radius 1 is 1.02 bits per heavy atom. The Hall–Kier alpha value is -4.37. The van der Waals surface area contributed by atoms with Crippen molar-refractivity contribution in [3.8, 4) is 17.2 Å². The molecule has 1 aliphatic rings. The zero-order valence-corrected chi connectivity index (χ0v) is 26.0. The molecule has 0 saturated heterocycles. The van der Waals surface area contributed by atoms with Crippen molar-refractivity contribution in [1.29, 1.82) is 0 Å². The maximum atomic E-state index is 14.2. The average Bonchev–Trinajstić information content (AvgIpc) is 3.40. The summed E-state index contributed by atoms with van der Waals surface area (Å²) in [4.78, 5) is 32.9. The fraction of sp³-hybridized carbons (Fsp3) is 0.303. The van der Waals surface area contributed by atoms with E-state index < -0.39 is 12.0 Å². The molecular weight excluding hydrogens is 550 g/mol. The number of nitrogens with zero attached hydrogens (tertiary/aromatic N) is 3. The molecule has 4 aromatic rings. The summed E-state index contributed by atoms with van der Waals surface area (Å²) in [6.45, 7) is 11.5. The van der Waals surface area contributed by atoms with Crippen LogP contribution < -0.4 is 24.4 Å². The molecule has 0 saturated carbocycles. The maximum absolute atomic E-state index is 14.2.